The Balaban J connectivity index is 2.54. The van der Waals surface area contributed by atoms with Crippen molar-refractivity contribution in [1.82, 2.24) is 10.2 Å². The van der Waals surface area contributed by atoms with E-state index < -0.39 is 6.04 Å². The molecular formula is C14H23N3O. The van der Waals surface area contributed by atoms with Crippen LogP contribution < -0.4 is 11.1 Å². The molecule has 0 radical (unpaired) electrons. The average Bonchev–Trinajstić information content (AvgIpc) is 2.35. The summed E-state index contributed by atoms with van der Waals surface area (Å²) < 4.78 is 0. The summed E-state index contributed by atoms with van der Waals surface area (Å²) in [6.45, 7) is 4.66. The molecule has 0 bridgehead atoms. The van der Waals surface area contributed by atoms with Crippen LogP contribution in [0.3, 0.4) is 0 Å². The minimum absolute atomic E-state index is 0.132. The first-order valence-corrected chi connectivity index (χ1v) is 6.18. The summed E-state index contributed by atoms with van der Waals surface area (Å²) in [5.41, 5.74) is 7.93. The molecular weight excluding hydrogens is 226 g/mol. The second-order valence-electron chi connectivity index (χ2n) is 4.95. The zero-order chi connectivity index (χ0) is 13.7. The maximum absolute atomic E-state index is 11.9. The number of nitrogens with two attached hydrogens (primary N) is 1. The Bertz CT molecular complexity index is 387. The van der Waals surface area contributed by atoms with Crippen LogP contribution in [-0.2, 0) is 4.79 Å². The number of hydrogen-bond acceptors (Lipinski definition) is 3. The number of likely N-dealkylation sites (N-methyl/N-ethyl adjacent to an activating group) is 1. The van der Waals surface area contributed by atoms with Gasteiger partial charge in [0.15, 0.2) is 0 Å². The number of rotatable bonds is 5. The molecule has 3 N–H and O–H groups in total. The van der Waals surface area contributed by atoms with Gasteiger partial charge in [0.2, 0.25) is 5.91 Å². The van der Waals surface area contributed by atoms with Gasteiger partial charge in [0.25, 0.3) is 0 Å². The Morgan fingerprint density at radius 2 is 1.89 bits per heavy atom. The summed E-state index contributed by atoms with van der Waals surface area (Å²) in [7, 11) is 3.97. The van der Waals surface area contributed by atoms with Gasteiger partial charge in [0, 0.05) is 12.6 Å². The van der Waals surface area contributed by atoms with Crippen molar-refractivity contribution in [2.45, 2.75) is 25.9 Å². The van der Waals surface area contributed by atoms with E-state index in [-0.39, 0.29) is 5.91 Å². The minimum atomic E-state index is -0.597. The molecule has 0 fully saturated rings. The molecule has 4 nitrogen and oxygen atoms in total. The SMILES string of the molecule is Cc1ccc(C(N)C(=O)NCC(C)N(C)C)cc1. The quantitative estimate of drug-likeness (QED) is 0.820. The fraction of sp³-hybridized carbons (Fsp3) is 0.500. The van der Waals surface area contributed by atoms with E-state index >= 15 is 0 Å². The highest BCUT2D eigenvalue weighted by Gasteiger charge is 2.16. The Kier molecular flexibility index (Phi) is 5.31. The van der Waals surface area contributed by atoms with E-state index in [0.29, 0.717) is 12.6 Å². The maximum Gasteiger partial charge on any atom is 0.241 e. The minimum Gasteiger partial charge on any atom is -0.353 e. The molecule has 100 valence electrons. The van der Waals surface area contributed by atoms with Crippen molar-refractivity contribution in [2.24, 2.45) is 5.73 Å². The summed E-state index contributed by atoms with van der Waals surface area (Å²) in [4.78, 5) is 14.0. The first kappa shape index (κ1) is 14.7. The van der Waals surface area contributed by atoms with Crippen LogP contribution in [0.2, 0.25) is 0 Å². The molecule has 0 aromatic heterocycles. The van der Waals surface area contributed by atoms with Crippen molar-refractivity contribution < 1.29 is 4.79 Å². The lowest BCUT2D eigenvalue weighted by Crippen LogP contribution is -2.41. The Morgan fingerprint density at radius 1 is 1.33 bits per heavy atom. The van der Waals surface area contributed by atoms with Gasteiger partial charge in [-0.15, -0.1) is 0 Å². The molecule has 2 unspecified atom stereocenters. The molecule has 0 aliphatic rings. The monoisotopic (exact) mass is 249 g/mol. The van der Waals surface area contributed by atoms with Gasteiger partial charge in [0.1, 0.15) is 6.04 Å². The first-order chi connectivity index (χ1) is 8.41. The molecule has 4 heteroatoms. The number of benzene rings is 1. The molecule has 0 heterocycles. The summed E-state index contributed by atoms with van der Waals surface area (Å²) in [5, 5.41) is 2.87. The molecule has 0 aliphatic heterocycles. The molecule has 2 atom stereocenters. The normalized spacial score (nSPS) is 14.3. The van der Waals surface area contributed by atoms with Gasteiger partial charge < -0.3 is 16.0 Å². The molecule has 1 aromatic rings. The summed E-state index contributed by atoms with van der Waals surface area (Å²) in [6.07, 6.45) is 0. The van der Waals surface area contributed by atoms with Crippen LogP contribution in [0, 0.1) is 6.92 Å². The number of nitrogens with one attached hydrogen (secondary N) is 1. The Labute approximate surface area is 109 Å². The summed E-state index contributed by atoms with van der Waals surface area (Å²) in [5.74, 6) is -0.132. The van der Waals surface area contributed by atoms with Gasteiger partial charge in [-0.3, -0.25) is 4.79 Å². The third kappa shape index (κ3) is 4.13. The van der Waals surface area contributed by atoms with Crippen LogP contribution >= 0.6 is 0 Å². The van der Waals surface area contributed by atoms with Gasteiger partial charge in [0.05, 0.1) is 0 Å². The number of aryl methyl sites for hydroxylation is 1. The molecule has 1 amide bonds. The number of carbonyl (C=O) groups excluding carboxylic acids is 1. The molecule has 0 aliphatic carbocycles. The van der Waals surface area contributed by atoms with E-state index in [1.165, 1.54) is 0 Å². The number of amides is 1. The highest BCUT2D eigenvalue weighted by Crippen LogP contribution is 2.11. The lowest BCUT2D eigenvalue weighted by atomic mass is 10.1. The highest BCUT2D eigenvalue weighted by atomic mass is 16.2. The standard InChI is InChI=1S/C14H23N3O/c1-10-5-7-12(8-6-10)13(15)14(18)16-9-11(2)17(3)4/h5-8,11,13H,9,15H2,1-4H3,(H,16,18). The van der Waals surface area contributed by atoms with Crippen LogP contribution in [0.5, 0.6) is 0 Å². The van der Waals surface area contributed by atoms with Crippen LogP contribution in [0.25, 0.3) is 0 Å². The molecule has 0 saturated carbocycles. The van der Waals surface area contributed by atoms with Crippen molar-refractivity contribution in [1.29, 1.82) is 0 Å². The van der Waals surface area contributed by atoms with Crippen molar-refractivity contribution in [3.63, 3.8) is 0 Å². The van der Waals surface area contributed by atoms with Crippen molar-refractivity contribution in [2.75, 3.05) is 20.6 Å². The van der Waals surface area contributed by atoms with Crippen molar-refractivity contribution in [3.8, 4) is 0 Å². The Hall–Kier alpha value is -1.39. The lowest BCUT2D eigenvalue weighted by molar-refractivity contribution is -0.122. The topological polar surface area (TPSA) is 58.4 Å². The van der Waals surface area contributed by atoms with Crippen LogP contribution in [-0.4, -0.2) is 37.5 Å². The van der Waals surface area contributed by atoms with Gasteiger partial charge in [-0.1, -0.05) is 29.8 Å². The van der Waals surface area contributed by atoms with E-state index in [4.69, 9.17) is 5.73 Å². The average molecular weight is 249 g/mol. The van der Waals surface area contributed by atoms with Crippen molar-refractivity contribution in [3.05, 3.63) is 35.4 Å². The molecule has 1 rings (SSSR count). The van der Waals surface area contributed by atoms with E-state index in [1.807, 2.05) is 45.3 Å². The maximum atomic E-state index is 11.9. The summed E-state index contributed by atoms with van der Waals surface area (Å²) >= 11 is 0. The zero-order valence-electron chi connectivity index (χ0n) is 11.6. The zero-order valence-corrected chi connectivity index (χ0v) is 11.6. The number of carbonyl (C=O) groups is 1. The third-order valence-corrected chi connectivity index (χ3v) is 3.17. The van der Waals surface area contributed by atoms with E-state index in [2.05, 4.69) is 17.1 Å². The van der Waals surface area contributed by atoms with Crippen LogP contribution in [0.1, 0.15) is 24.1 Å². The third-order valence-electron chi connectivity index (χ3n) is 3.17. The predicted octanol–water partition coefficient (Wildman–Crippen LogP) is 1.06. The van der Waals surface area contributed by atoms with Crippen molar-refractivity contribution >= 4 is 5.91 Å². The largest absolute Gasteiger partial charge is 0.353 e. The van der Waals surface area contributed by atoms with E-state index in [0.717, 1.165) is 11.1 Å². The molecule has 18 heavy (non-hydrogen) atoms. The first-order valence-electron chi connectivity index (χ1n) is 6.18. The second kappa shape index (κ2) is 6.52. The number of hydrogen-bond donors (Lipinski definition) is 2. The van der Waals surface area contributed by atoms with Gasteiger partial charge in [-0.25, -0.2) is 0 Å². The van der Waals surface area contributed by atoms with Gasteiger partial charge in [-0.2, -0.15) is 0 Å². The number of nitrogens with zero attached hydrogens (tertiary/aromatic N) is 1. The molecule has 0 saturated heterocycles. The summed E-state index contributed by atoms with van der Waals surface area (Å²) in [6, 6.07) is 7.42. The lowest BCUT2D eigenvalue weighted by Gasteiger charge is -2.21. The molecule has 0 spiro atoms. The van der Waals surface area contributed by atoms with Gasteiger partial charge in [-0.05, 0) is 33.5 Å². The van der Waals surface area contributed by atoms with Crippen LogP contribution in [0.4, 0.5) is 0 Å². The highest BCUT2D eigenvalue weighted by molar-refractivity contribution is 5.82. The van der Waals surface area contributed by atoms with Gasteiger partial charge >= 0.3 is 0 Å². The second-order valence-corrected chi connectivity index (χ2v) is 4.95. The molecule has 1 aromatic carbocycles. The fourth-order valence-electron chi connectivity index (χ4n) is 1.47. The van der Waals surface area contributed by atoms with Crippen LogP contribution in [0.15, 0.2) is 24.3 Å². The Morgan fingerprint density at radius 3 is 2.39 bits per heavy atom. The van der Waals surface area contributed by atoms with E-state index in [1.54, 1.807) is 0 Å². The van der Waals surface area contributed by atoms with E-state index in [9.17, 15) is 4.79 Å². The fourth-order valence-corrected chi connectivity index (χ4v) is 1.47. The smallest absolute Gasteiger partial charge is 0.241 e. The predicted molar refractivity (Wildman–Crippen MR) is 74.3 cm³/mol.